The Bertz CT molecular complexity index is 1280. The fraction of sp³-hybridized carbons (Fsp3) is 0.107. The van der Waals surface area contributed by atoms with Gasteiger partial charge >= 0.3 is 0 Å². The fourth-order valence-electron chi connectivity index (χ4n) is 3.82. The second-order valence-electron chi connectivity index (χ2n) is 7.74. The molecule has 160 valence electrons. The van der Waals surface area contributed by atoms with Crippen molar-refractivity contribution in [1.82, 2.24) is 4.98 Å². The van der Waals surface area contributed by atoms with Crippen molar-refractivity contribution in [1.29, 1.82) is 0 Å². The highest BCUT2D eigenvalue weighted by Gasteiger charge is 2.13. The minimum absolute atomic E-state index is 0.667. The number of aromatic nitrogens is 1. The number of pyridine rings is 1. The second-order valence-corrected chi connectivity index (χ2v) is 9.03. The molecule has 3 aromatic carbocycles. The third-order valence-corrected chi connectivity index (χ3v) is 6.48. The van der Waals surface area contributed by atoms with Gasteiger partial charge in [0.15, 0.2) is 0 Å². The average molecular weight is 457 g/mol. The predicted octanol–water partition coefficient (Wildman–Crippen LogP) is 8.49. The van der Waals surface area contributed by atoms with Crippen LogP contribution in [-0.2, 0) is 0 Å². The molecule has 4 aromatic rings. The number of nitrogens with zero attached hydrogens (tertiary/aromatic N) is 1. The molecular weight excluding hydrogens is 432 g/mol. The lowest BCUT2D eigenvalue weighted by Crippen LogP contribution is -2.01. The topological polar surface area (TPSA) is 24.9 Å². The van der Waals surface area contributed by atoms with Crippen molar-refractivity contribution >= 4 is 34.7 Å². The average Bonchev–Trinajstić information content (AvgIpc) is 2.80. The Balaban J connectivity index is 1.72. The van der Waals surface area contributed by atoms with Gasteiger partial charge in [-0.2, -0.15) is 0 Å². The van der Waals surface area contributed by atoms with Crippen LogP contribution in [0.25, 0.3) is 28.1 Å². The summed E-state index contributed by atoms with van der Waals surface area (Å²) in [5.74, 6) is 0. The lowest BCUT2D eigenvalue weighted by molar-refractivity contribution is 1.33. The van der Waals surface area contributed by atoms with Crippen molar-refractivity contribution in [2.24, 2.45) is 0 Å². The Labute approximate surface area is 199 Å². The summed E-state index contributed by atoms with van der Waals surface area (Å²) in [7, 11) is 0. The summed E-state index contributed by atoms with van der Waals surface area (Å²) >= 11 is 8.20. The summed E-state index contributed by atoms with van der Waals surface area (Å²) in [5, 5.41) is 4.15. The van der Waals surface area contributed by atoms with Crippen LogP contribution in [0.15, 0.2) is 90.5 Å². The summed E-state index contributed by atoms with van der Waals surface area (Å²) in [6.07, 6.45) is 3.87. The number of benzene rings is 3. The Kier molecular flexibility index (Phi) is 6.69. The zero-order chi connectivity index (χ0) is 22.7. The monoisotopic (exact) mass is 456 g/mol. The van der Waals surface area contributed by atoms with Crippen molar-refractivity contribution in [2.45, 2.75) is 18.7 Å². The number of nitrogens with one attached hydrogen (secondary N) is 1. The maximum absolute atomic E-state index is 6.46. The van der Waals surface area contributed by atoms with Gasteiger partial charge in [0, 0.05) is 33.6 Å². The van der Waals surface area contributed by atoms with Crippen molar-refractivity contribution < 1.29 is 0 Å². The molecule has 1 heterocycles. The van der Waals surface area contributed by atoms with E-state index in [2.05, 4.69) is 73.4 Å². The zero-order valence-electron chi connectivity index (χ0n) is 18.4. The number of rotatable bonds is 6. The first-order chi connectivity index (χ1) is 15.5. The third kappa shape index (κ3) is 4.74. The van der Waals surface area contributed by atoms with Gasteiger partial charge in [-0.3, -0.25) is 4.98 Å². The van der Waals surface area contributed by atoms with Gasteiger partial charge in [-0.1, -0.05) is 54.1 Å². The maximum Gasteiger partial charge on any atom is 0.0717 e. The molecule has 0 saturated heterocycles. The molecule has 1 aromatic heterocycles. The molecule has 4 heteroatoms. The molecule has 0 atom stereocenters. The van der Waals surface area contributed by atoms with Crippen LogP contribution in [0.5, 0.6) is 0 Å². The minimum Gasteiger partial charge on any atom is -0.355 e. The molecule has 0 bridgehead atoms. The first-order valence-electron chi connectivity index (χ1n) is 10.4. The lowest BCUT2D eigenvalue weighted by atomic mass is 9.93. The predicted molar refractivity (Wildman–Crippen MR) is 140 cm³/mol. The first kappa shape index (κ1) is 22.2. The van der Waals surface area contributed by atoms with Crippen molar-refractivity contribution in [3.05, 3.63) is 107 Å². The van der Waals surface area contributed by atoms with Gasteiger partial charge in [0.25, 0.3) is 0 Å². The molecular formula is C28H25ClN2S. The van der Waals surface area contributed by atoms with Crippen LogP contribution in [-0.4, -0.2) is 11.2 Å². The summed E-state index contributed by atoms with van der Waals surface area (Å²) in [4.78, 5) is 5.66. The van der Waals surface area contributed by atoms with Gasteiger partial charge in [-0.25, -0.2) is 0 Å². The van der Waals surface area contributed by atoms with Crippen LogP contribution in [0.3, 0.4) is 0 Å². The normalized spacial score (nSPS) is 10.8. The largest absolute Gasteiger partial charge is 0.355 e. The van der Waals surface area contributed by atoms with E-state index in [4.69, 9.17) is 11.6 Å². The Morgan fingerprint density at radius 3 is 2.47 bits per heavy atom. The van der Waals surface area contributed by atoms with E-state index < -0.39 is 0 Å². The zero-order valence-corrected chi connectivity index (χ0v) is 20.0. The highest BCUT2D eigenvalue weighted by atomic mass is 35.5. The Morgan fingerprint density at radius 2 is 1.75 bits per heavy atom. The summed E-state index contributed by atoms with van der Waals surface area (Å²) in [6, 6.07) is 24.8. The van der Waals surface area contributed by atoms with Crippen LogP contribution >= 0.6 is 23.4 Å². The SMILES string of the molecule is C=C(Nc1ccc(Cl)c(-c2ccccn2)c1)c1ccc(SC)cc1-c1ccc(C)cc1C. The Morgan fingerprint density at radius 1 is 0.906 bits per heavy atom. The molecule has 0 radical (unpaired) electrons. The van der Waals surface area contributed by atoms with Gasteiger partial charge in [-0.05, 0) is 79.3 Å². The smallest absolute Gasteiger partial charge is 0.0717 e. The summed E-state index contributed by atoms with van der Waals surface area (Å²) in [6.45, 7) is 8.65. The van der Waals surface area contributed by atoms with E-state index in [9.17, 15) is 0 Å². The quantitative estimate of drug-likeness (QED) is 0.294. The molecule has 0 aliphatic carbocycles. The molecule has 0 aliphatic rings. The molecule has 0 unspecified atom stereocenters. The van der Waals surface area contributed by atoms with Gasteiger partial charge < -0.3 is 5.32 Å². The van der Waals surface area contributed by atoms with Crippen molar-refractivity contribution in [3.8, 4) is 22.4 Å². The Hall–Kier alpha value is -3.01. The maximum atomic E-state index is 6.46. The molecule has 0 spiro atoms. The van der Waals surface area contributed by atoms with Gasteiger partial charge in [0.2, 0.25) is 0 Å². The molecule has 0 fully saturated rings. The second kappa shape index (κ2) is 9.64. The molecule has 1 N–H and O–H groups in total. The van der Waals surface area contributed by atoms with E-state index in [-0.39, 0.29) is 0 Å². The van der Waals surface area contributed by atoms with E-state index in [0.29, 0.717) is 5.02 Å². The third-order valence-electron chi connectivity index (χ3n) is 5.43. The molecule has 2 nitrogen and oxygen atoms in total. The van der Waals surface area contributed by atoms with Crippen LogP contribution in [0.2, 0.25) is 5.02 Å². The number of anilines is 1. The molecule has 0 amide bonds. The van der Waals surface area contributed by atoms with Gasteiger partial charge in [-0.15, -0.1) is 11.8 Å². The molecule has 4 rings (SSSR count). The van der Waals surface area contributed by atoms with Crippen LogP contribution in [0.4, 0.5) is 5.69 Å². The van der Waals surface area contributed by atoms with Crippen molar-refractivity contribution in [2.75, 3.05) is 11.6 Å². The highest BCUT2D eigenvalue weighted by molar-refractivity contribution is 7.98. The summed E-state index contributed by atoms with van der Waals surface area (Å²) < 4.78 is 0. The van der Waals surface area contributed by atoms with E-state index >= 15 is 0 Å². The molecule has 0 saturated carbocycles. The van der Waals surface area contributed by atoms with Crippen LogP contribution in [0, 0.1) is 13.8 Å². The number of hydrogen-bond acceptors (Lipinski definition) is 3. The number of aryl methyl sites for hydroxylation is 2. The molecule has 0 aliphatic heterocycles. The van der Waals surface area contributed by atoms with Gasteiger partial charge in [0.1, 0.15) is 0 Å². The minimum atomic E-state index is 0.667. The summed E-state index contributed by atoms with van der Waals surface area (Å²) in [5.41, 5.74) is 9.45. The van der Waals surface area contributed by atoms with Crippen LogP contribution in [0.1, 0.15) is 16.7 Å². The van der Waals surface area contributed by atoms with E-state index in [1.807, 2.05) is 36.4 Å². The van der Waals surface area contributed by atoms with Gasteiger partial charge in [0.05, 0.1) is 10.7 Å². The van der Waals surface area contributed by atoms with E-state index in [1.165, 1.54) is 27.1 Å². The van der Waals surface area contributed by atoms with E-state index in [0.717, 1.165) is 28.2 Å². The number of hydrogen-bond donors (Lipinski definition) is 1. The molecule has 32 heavy (non-hydrogen) atoms. The lowest BCUT2D eigenvalue weighted by Gasteiger charge is -2.18. The standard InChI is InChI=1S/C28H25ClN2S/c1-18-8-11-23(19(2)15-18)25-17-22(32-4)10-12-24(25)20(3)31-21-9-13-27(29)26(16-21)28-7-5-6-14-30-28/h5-17,31H,3H2,1-2,4H3. The number of thioether (sulfide) groups is 1. The first-order valence-corrected chi connectivity index (χ1v) is 12.0. The highest BCUT2D eigenvalue weighted by Crippen LogP contribution is 2.36. The van der Waals surface area contributed by atoms with Crippen molar-refractivity contribution in [3.63, 3.8) is 0 Å². The van der Waals surface area contributed by atoms with Crippen LogP contribution < -0.4 is 5.32 Å². The fourth-order valence-corrected chi connectivity index (χ4v) is 4.47. The number of halogens is 1. The van der Waals surface area contributed by atoms with E-state index in [1.54, 1.807) is 18.0 Å².